The summed E-state index contributed by atoms with van der Waals surface area (Å²) in [6, 6.07) is 19.6. The van der Waals surface area contributed by atoms with Crippen LogP contribution in [0.3, 0.4) is 0 Å². The van der Waals surface area contributed by atoms with Gasteiger partial charge in [0.2, 0.25) is 0 Å². The topological polar surface area (TPSA) is 113 Å². The third-order valence-electron chi connectivity index (χ3n) is 4.93. The SMILES string of the molecule is CCNC(=NCc1ccccc1OC)NCCCc1nn(-c2ccccc2)c(N)c1C#N. The molecule has 4 N–H and O–H groups in total. The van der Waals surface area contributed by atoms with Gasteiger partial charge in [-0.2, -0.15) is 10.4 Å². The van der Waals surface area contributed by atoms with Crippen molar-refractivity contribution in [1.82, 2.24) is 20.4 Å². The van der Waals surface area contributed by atoms with E-state index in [2.05, 4.69) is 26.8 Å². The van der Waals surface area contributed by atoms with Crippen molar-refractivity contribution in [3.8, 4) is 17.5 Å². The van der Waals surface area contributed by atoms with Crippen molar-refractivity contribution in [2.75, 3.05) is 25.9 Å². The summed E-state index contributed by atoms with van der Waals surface area (Å²) in [4.78, 5) is 4.65. The molecule has 8 nitrogen and oxygen atoms in total. The molecule has 0 saturated heterocycles. The second-order valence-electron chi connectivity index (χ2n) is 7.10. The molecule has 32 heavy (non-hydrogen) atoms. The number of hydrogen-bond donors (Lipinski definition) is 3. The van der Waals surface area contributed by atoms with Gasteiger partial charge in [-0.05, 0) is 38.0 Å². The summed E-state index contributed by atoms with van der Waals surface area (Å²) in [6.45, 7) is 3.98. The largest absolute Gasteiger partial charge is 0.496 e. The molecule has 1 heterocycles. The summed E-state index contributed by atoms with van der Waals surface area (Å²) >= 11 is 0. The Balaban J connectivity index is 1.61. The molecular weight excluding hydrogens is 402 g/mol. The molecule has 0 radical (unpaired) electrons. The summed E-state index contributed by atoms with van der Waals surface area (Å²) in [5, 5.41) is 20.7. The Morgan fingerprint density at radius 1 is 1.16 bits per heavy atom. The number of para-hydroxylation sites is 2. The maximum absolute atomic E-state index is 9.56. The number of nitriles is 1. The number of aliphatic imine (C=N–C) groups is 1. The number of hydrogen-bond acceptors (Lipinski definition) is 5. The van der Waals surface area contributed by atoms with Crippen LogP contribution >= 0.6 is 0 Å². The average molecular weight is 432 g/mol. The Morgan fingerprint density at radius 2 is 1.91 bits per heavy atom. The van der Waals surface area contributed by atoms with E-state index in [4.69, 9.17) is 10.5 Å². The fourth-order valence-corrected chi connectivity index (χ4v) is 3.34. The molecule has 0 aliphatic rings. The van der Waals surface area contributed by atoms with Gasteiger partial charge in [0.1, 0.15) is 23.2 Å². The molecule has 0 amide bonds. The number of anilines is 1. The Bertz CT molecular complexity index is 1080. The molecular formula is C24H29N7O. The van der Waals surface area contributed by atoms with E-state index >= 15 is 0 Å². The number of benzene rings is 2. The standard InChI is InChI=1S/C24H29N7O/c1-3-27-24(29-17-18-10-7-8-14-22(18)32-2)28-15-9-13-21-20(16-25)23(26)31(30-21)19-11-5-4-6-12-19/h4-8,10-12,14H,3,9,13,15,17,26H2,1-2H3,(H2,27,28,29). The highest BCUT2D eigenvalue weighted by atomic mass is 16.5. The van der Waals surface area contributed by atoms with E-state index in [0.29, 0.717) is 36.6 Å². The van der Waals surface area contributed by atoms with Gasteiger partial charge < -0.3 is 21.1 Å². The maximum Gasteiger partial charge on any atom is 0.191 e. The van der Waals surface area contributed by atoms with Crippen molar-refractivity contribution < 1.29 is 4.74 Å². The highest BCUT2D eigenvalue weighted by molar-refractivity contribution is 5.79. The number of nitrogens with zero attached hydrogens (tertiary/aromatic N) is 4. The molecule has 0 saturated carbocycles. The molecule has 0 bridgehead atoms. The second kappa shape index (κ2) is 11.4. The number of rotatable bonds is 9. The molecule has 1 aromatic heterocycles. The minimum absolute atomic E-state index is 0.369. The minimum atomic E-state index is 0.369. The fourth-order valence-electron chi connectivity index (χ4n) is 3.34. The number of ether oxygens (including phenoxy) is 1. The zero-order valence-electron chi connectivity index (χ0n) is 18.5. The molecule has 2 aromatic carbocycles. The minimum Gasteiger partial charge on any atom is -0.496 e. The van der Waals surface area contributed by atoms with E-state index in [9.17, 15) is 5.26 Å². The third kappa shape index (κ3) is 5.58. The first-order valence-electron chi connectivity index (χ1n) is 10.6. The van der Waals surface area contributed by atoms with E-state index < -0.39 is 0 Å². The Hall–Kier alpha value is -3.99. The van der Waals surface area contributed by atoms with Gasteiger partial charge in [0.05, 0.1) is 25.0 Å². The first kappa shape index (κ1) is 22.7. The highest BCUT2D eigenvalue weighted by Gasteiger charge is 2.16. The average Bonchev–Trinajstić information content (AvgIpc) is 3.15. The van der Waals surface area contributed by atoms with Crippen LogP contribution in [0, 0.1) is 11.3 Å². The summed E-state index contributed by atoms with van der Waals surface area (Å²) in [7, 11) is 1.66. The molecule has 0 atom stereocenters. The lowest BCUT2D eigenvalue weighted by Crippen LogP contribution is -2.37. The smallest absolute Gasteiger partial charge is 0.191 e. The van der Waals surface area contributed by atoms with Gasteiger partial charge in [0, 0.05) is 18.7 Å². The summed E-state index contributed by atoms with van der Waals surface area (Å²) in [5.74, 6) is 1.92. The van der Waals surface area contributed by atoms with Crippen LogP contribution in [0.5, 0.6) is 5.75 Å². The van der Waals surface area contributed by atoms with E-state index in [1.807, 2.05) is 61.5 Å². The lowest BCUT2D eigenvalue weighted by molar-refractivity contribution is 0.410. The van der Waals surface area contributed by atoms with E-state index in [-0.39, 0.29) is 0 Å². The van der Waals surface area contributed by atoms with Gasteiger partial charge in [-0.3, -0.25) is 0 Å². The lowest BCUT2D eigenvalue weighted by Gasteiger charge is -2.12. The van der Waals surface area contributed by atoms with Crippen molar-refractivity contribution in [2.45, 2.75) is 26.3 Å². The van der Waals surface area contributed by atoms with E-state index in [1.54, 1.807) is 11.8 Å². The van der Waals surface area contributed by atoms with Gasteiger partial charge in [0.15, 0.2) is 5.96 Å². The van der Waals surface area contributed by atoms with Crippen molar-refractivity contribution in [1.29, 1.82) is 5.26 Å². The van der Waals surface area contributed by atoms with Crippen molar-refractivity contribution >= 4 is 11.8 Å². The fraction of sp³-hybridized carbons (Fsp3) is 0.292. The predicted octanol–water partition coefficient (Wildman–Crippen LogP) is 3.02. The molecule has 3 rings (SSSR count). The molecule has 0 aliphatic carbocycles. The monoisotopic (exact) mass is 431 g/mol. The number of methoxy groups -OCH3 is 1. The number of aryl methyl sites for hydroxylation is 1. The Kier molecular flexibility index (Phi) is 8.09. The van der Waals surface area contributed by atoms with Gasteiger partial charge >= 0.3 is 0 Å². The van der Waals surface area contributed by atoms with Crippen LogP contribution in [-0.4, -0.2) is 35.9 Å². The lowest BCUT2D eigenvalue weighted by atomic mass is 10.1. The molecule has 8 heteroatoms. The second-order valence-corrected chi connectivity index (χ2v) is 7.10. The van der Waals surface area contributed by atoms with Crippen LogP contribution in [0.4, 0.5) is 5.82 Å². The zero-order chi connectivity index (χ0) is 22.8. The third-order valence-corrected chi connectivity index (χ3v) is 4.93. The van der Waals surface area contributed by atoms with Crippen LogP contribution in [0.15, 0.2) is 59.6 Å². The van der Waals surface area contributed by atoms with Gasteiger partial charge in [0.25, 0.3) is 0 Å². The number of guanidine groups is 1. The molecule has 3 aromatic rings. The summed E-state index contributed by atoms with van der Waals surface area (Å²) in [5.41, 5.74) is 9.17. The van der Waals surface area contributed by atoms with Gasteiger partial charge in [-0.1, -0.05) is 36.4 Å². The van der Waals surface area contributed by atoms with Crippen molar-refractivity contribution in [3.63, 3.8) is 0 Å². The quantitative estimate of drug-likeness (QED) is 0.273. The number of nitrogens with two attached hydrogens (primary N) is 1. The number of aromatic nitrogens is 2. The Morgan fingerprint density at radius 3 is 2.62 bits per heavy atom. The highest BCUT2D eigenvalue weighted by Crippen LogP contribution is 2.21. The van der Waals surface area contributed by atoms with Gasteiger partial charge in [-0.15, -0.1) is 0 Å². The van der Waals surface area contributed by atoms with Crippen molar-refractivity contribution in [3.05, 3.63) is 71.4 Å². The first-order valence-corrected chi connectivity index (χ1v) is 10.6. The maximum atomic E-state index is 9.56. The summed E-state index contributed by atoms with van der Waals surface area (Å²) < 4.78 is 7.02. The van der Waals surface area contributed by atoms with Crippen LogP contribution < -0.4 is 21.1 Å². The van der Waals surface area contributed by atoms with Crippen LogP contribution in [-0.2, 0) is 13.0 Å². The number of nitrogen functional groups attached to an aromatic ring is 1. The van der Waals surface area contributed by atoms with E-state index in [0.717, 1.165) is 35.9 Å². The van der Waals surface area contributed by atoms with Crippen molar-refractivity contribution in [2.24, 2.45) is 4.99 Å². The van der Waals surface area contributed by atoms with Crippen LogP contribution in [0.1, 0.15) is 30.2 Å². The van der Waals surface area contributed by atoms with Crippen LogP contribution in [0.25, 0.3) is 5.69 Å². The van der Waals surface area contributed by atoms with E-state index in [1.165, 1.54) is 0 Å². The Labute approximate surface area is 188 Å². The summed E-state index contributed by atoms with van der Waals surface area (Å²) in [6.07, 6.45) is 1.41. The first-order chi connectivity index (χ1) is 15.7. The zero-order valence-corrected chi connectivity index (χ0v) is 18.5. The molecule has 0 unspecified atom stereocenters. The normalized spacial score (nSPS) is 11.1. The van der Waals surface area contributed by atoms with Crippen LogP contribution in [0.2, 0.25) is 0 Å². The predicted molar refractivity (Wildman–Crippen MR) is 127 cm³/mol. The molecule has 0 fully saturated rings. The molecule has 0 aliphatic heterocycles. The molecule has 166 valence electrons. The van der Waals surface area contributed by atoms with Gasteiger partial charge in [-0.25, -0.2) is 9.67 Å². The molecule has 0 spiro atoms. The number of nitrogens with one attached hydrogen (secondary N) is 2.